The molecule has 74 valence electrons. The molecule has 1 aliphatic rings. The minimum atomic E-state index is -2.91. The maximum Gasteiger partial charge on any atom is 0.295 e. The summed E-state index contributed by atoms with van der Waals surface area (Å²) in [5.41, 5.74) is 0.340. The molecule has 0 N–H and O–H groups in total. The molecule has 0 amide bonds. The summed E-state index contributed by atoms with van der Waals surface area (Å²) in [6.45, 7) is 0. The molecule has 2 nitrogen and oxygen atoms in total. The van der Waals surface area contributed by atoms with Crippen LogP contribution in [0, 0.1) is 0 Å². The number of benzene rings is 1. The van der Waals surface area contributed by atoms with Gasteiger partial charge in [-0.3, -0.25) is 4.84 Å². The van der Waals surface area contributed by atoms with Crippen LogP contribution < -0.4 is 5.06 Å². The van der Waals surface area contributed by atoms with Crippen molar-refractivity contribution in [2.75, 3.05) is 12.2 Å². The molecule has 0 aliphatic carbocycles. The molecule has 0 unspecified atom stereocenters. The normalized spacial score (nSPS) is 18.1. The van der Waals surface area contributed by atoms with E-state index < -0.39 is 5.92 Å². The van der Waals surface area contributed by atoms with Crippen molar-refractivity contribution in [2.45, 2.75) is 5.92 Å². The third kappa shape index (κ3) is 1.28. The molecule has 0 spiro atoms. The molecule has 0 saturated carbocycles. The van der Waals surface area contributed by atoms with Crippen molar-refractivity contribution in [1.82, 2.24) is 0 Å². The molecule has 2 rings (SSSR count). The number of rotatable bonds is 1. The predicted molar refractivity (Wildman–Crippen MR) is 49.0 cm³/mol. The van der Waals surface area contributed by atoms with Crippen LogP contribution in [0.3, 0.4) is 0 Å². The SMILES string of the molecule is CON1C=CC(F)(F)c2ccccc21. The van der Waals surface area contributed by atoms with Gasteiger partial charge in [-0.15, -0.1) is 0 Å². The van der Waals surface area contributed by atoms with Gasteiger partial charge in [0.25, 0.3) is 5.92 Å². The van der Waals surface area contributed by atoms with Gasteiger partial charge in [0.1, 0.15) is 0 Å². The van der Waals surface area contributed by atoms with Crippen LogP contribution in [0.5, 0.6) is 0 Å². The third-order valence-electron chi connectivity index (χ3n) is 2.12. The first-order valence-corrected chi connectivity index (χ1v) is 4.15. The molecular formula is C10H9F2NO. The van der Waals surface area contributed by atoms with Crippen LogP contribution in [-0.2, 0) is 10.8 Å². The number of alkyl halides is 2. The highest BCUT2D eigenvalue weighted by Gasteiger charge is 2.35. The zero-order valence-corrected chi connectivity index (χ0v) is 7.58. The van der Waals surface area contributed by atoms with Crippen LogP contribution in [-0.4, -0.2) is 7.11 Å². The second kappa shape index (κ2) is 3.06. The monoisotopic (exact) mass is 197 g/mol. The highest BCUT2D eigenvalue weighted by Crippen LogP contribution is 2.39. The molecule has 0 saturated heterocycles. The van der Waals surface area contributed by atoms with E-state index >= 15 is 0 Å². The van der Waals surface area contributed by atoms with E-state index in [1.807, 2.05) is 0 Å². The van der Waals surface area contributed by atoms with Crippen molar-refractivity contribution in [3.63, 3.8) is 0 Å². The largest absolute Gasteiger partial charge is 0.295 e. The number of allylic oxidation sites excluding steroid dienone is 1. The number of anilines is 1. The van der Waals surface area contributed by atoms with Crippen LogP contribution in [0.1, 0.15) is 5.56 Å². The Morgan fingerprint density at radius 1 is 1.29 bits per heavy atom. The molecule has 0 radical (unpaired) electrons. The van der Waals surface area contributed by atoms with Gasteiger partial charge in [0.05, 0.1) is 18.4 Å². The maximum absolute atomic E-state index is 13.3. The van der Waals surface area contributed by atoms with Crippen LogP contribution in [0.25, 0.3) is 0 Å². The molecule has 1 aromatic rings. The van der Waals surface area contributed by atoms with Crippen LogP contribution in [0.2, 0.25) is 0 Å². The van der Waals surface area contributed by atoms with E-state index in [0.29, 0.717) is 5.69 Å². The lowest BCUT2D eigenvalue weighted by molar-refractivity contribution is 0.0458. The average molecular weight is 197 g/mol. The second-order valence-electron chi connectivity index (χ2n) is 2.96. The topological polar surface area (TPSA) is 12.5 Å². The van der Waals surface area contributed by atoms with Gasteiger partial charge in [-0.25, -0.2) is 5.06 Å². The third-order valence-corrected chi connectivity index (χ3v) is 2.12. The molecule has 0 aromatic heterocycles. The molecule has 0 atom stereocenters. The molecule has 0 bridgehead atoms. The maximum atomic E-state index is 13.3. The van der Waals surface area contributed by atoms with Gasteiger partial charge in [0.2, 0.25) is 0 Å². The number of nitrogens with zero attached hydrogens (tertiary/aromatic N) is 1. The minimum absolute atomic E-state index is 0.0376. The van der Waals surface area contributed by atoms with E-state index in [-0.39, 0.29) is 5.56 Å². The lowest BCUT2D eigenvalue weighted by Crippen LogP contribution is -2.25. The molecule has 1 aromatic carbocycles. The van der Waals surface area contributed by atoms with Gasteiger partial charge in [-0.2, -0.15) is 8.78 Å². The molecule has 1 aliphatic heterocycles. The standard InChI is InChI=1S/C10H9F2NO/c1-14-13-7-6-10(11,12)8-4-2-3-5-9(8)13/h2-7H,1H3. The molecule has 14 heavy (non-hydrogen) atoms. The quantitative estimate of drug-likeness (QED) is 0.686. The molecular weight excluding hydrogens is 188 g/mol. The number of halogens is 2. The summed E-state index contributed by atoms with van der Waals surface area (Å²) in [5.74, 6) is -2.91. The number of hydrogen-bond donors (Lipinski definition) is 0. The summed E-state index contributed by atoms with van der Waals surface area (Å²) in [7, 11) is 1.44. The highest BCUT2D eigenvalue weighted by atomic mass is 19.3. The van der Waals surface area contributed by atoms with E-state index in [4.69, 9.17) is 4.84 Å². The Labute approximate surface area is 80.4 Å². The summed E-state index contributed by atoms with van der Waals surface area (Å²) in [6, 6.07) is 6.26. The van der Waals surface area contributed by atoms with Gasteiger partial charge < -0.3 is 0 Å². The molecule has 4 heteroatoms. The first kappa shape index (κ1) is 9.15. The van der Waals surface area contributed by atoms with E-state index in [0.717, 1.165) is 6.08 Å². The van der Waals surface area contributed by atoms with Crippen LogP contribution >= 0.6 is 0 Å². The van der Waals surface area contributed by atoms with Crippen molar-refractivity contribution in [2.24, 2.45) is 0 Å². The number of hydrogen-bond acceptors (Lipinski definition) is 2. The molecule has 1 heterocycles. The Kier molecular flexibility index (Phi) is 2.00. The van der Waals surface area contributed by atoms with Crippen molar-refractivity contribution < 1.29 is 13.6 Å². The Balaban J connectivity index is 2.56. The fourth-order valence-corrected chi connectivity index (χ4v) is 1.44. The smallest absolute Gasteiger partial charge is 0.272 e. The highest BCUT2D eigenvalue weighted by molar-refractivity contribution is 5.59. The van der Waals surface area contributed by atoms with E-state index in [1.54, 1.807) is 18.2 Å². The van der Waals surface area contributed by atoms with E-state index in [1.165, 1.54) is 24.4 Å². The number of para-hydroxylation sites is 1. The molecule has 0 fully saturated rings. The zero-order chi connectivity index (χ0) is 10.2. The zero-order valence-electron chi connectivity index (χ0n) is 7.58. The van der Waals surface area contributed by atoms with Crippen molar-refractivity contribution in [1.29, 1.82) is 0 Å². The van der Waals surface area contributed by atoms with Gasteiger partial charge in [-0.1, -0.05) is 18.2 Å². The number of fused-ring (bicyclic) bond motifs is 1. The summed E-state index contributed by atoms with van der Waals surface area (Å²) in [4.78, 5) is 4.92. The summed E-state index contributed by atoms with van der Waals surface area (Å²) in [6.07, 6.45) is 2.04. The summed E-state index contributed by atoms with van der Waals surface area (Å²) >= 11 is 0. The first-order chi connectivity index (χ1) is 6.65. The van der Waals surface area contributed by atoms with E-state index in [9.17, 15) is 8.78 Å². The Morgan fingerprint density at radius 2 is 2.00 bits per heavy atom. The lowest BCUT2D eigenvalue weighted by atomic mass is 10.0. The Morgan fingerprint density at radius 3 is 2.71 bits per heavy atom. The fourth-order valence-electron chi connectivity index (χ4n) is 1.44. The Bertz CT molecular complexity index is 376. The van der Waals surface area contributed by atoms with Gasteiger partial charge in [0.15, 0.2) is 0 Å². The fraction of sp³-hybridized carbons (Fsp3) is 0.200. The summed E-state index contributed by atoms with van der Waals surface area (Å²) < 4.78 is 26.7. The second-order valence-corrected chi connectivity index (χ2v) is 2.96. The summed E-state index contributed by atoms with van der Waals surface area (Å²) in [5, 5.41) is 1.31. The van der Waals surface area contributed by atoms with Crippen molar-refractivity contribution >= 4 is 5.69 Å². The van der Waals surface area contributed by atoms with Gasteiger partial charge in [-0.05, 0) is 6.07 Å². The van der Waals surface area contributed by atoms with Crippen molar-refractivity contribution in [3.8, 4) is 0 Å². The van der Waals surface area contributed by atoms with Crippen LogP contribution in [0.15, 0.2) is 36.5 Å². The number of hydroxylamine groups is 1. The average Bonchev–Trinajstić information content (AvgIpc) is 2.18. The lowest BCUT2D eigenvalue weighted by Gasteiger charge is -2.28. The van der Waals surface area contributed by atoms with Crippen molar-refractivity contribution in [3.05, 3.63) is 42.1 Å². The van der Waals surface area contributed by atoms with Crippen LogP contribution in [0.4, 0.5) is 14.5 Å². The minimum Gasteiger partial charge on any atom is -0.272 e. The van der Waals surface area contributed by atoms with Gasteiger partial charge in [0, 0.05) is 12.3 Å². The Hall–Kier alpha value is -1.42. The first-order valence-electron chi connectivity index (χ1n) is 4.15. The van der Waals surface area contributed by atoms with Gasteiger partial charge >= 0.3 is 0 Å². The predicted octanol–water partition coefficient (Wildman–Crippen LogP) is 2.67. The van der Waals surface area contributed by atoms with E-state index in [2.05, 4.69) is 0 Å².